The molecule has 1 fully saturated rings. The fraction of sp³-hybridized carbons (Fsp3) is 0.455. The van der Waals surface area contributed by atoms with Gasteiger partial charge in [0.05, 0.1) is 16.3 Å². The minimum absolute atomic E-state index is 0.00422. The molecule has 0 atom stereocenters. The molecule has 1 saturated heterocycles. The number of carbonyl (C=O) groups excluding carboxylic acids is 1. The first-order valence-electron chi connectivity index (χ1n) is 9.78. The molecule has 148 valence electrons. The predicted octanol–water partition coefficient (Wildman–Crippen LogP) is 4.43. The van der Waals surface area contributed by atoms with Gasteiger partial charge >= 0.3 is 0 Å². The van der Waals surface area contributed by atoms with Gasteiger partial charge < -0.3 is 10.6 Å². The van der Waals surface area contributed by atoms with E-state index < -0.39 is 0 Å². The topological polar surface area (TPSA) is 59.0 Å². The predicted molar refractivity (Wildman–Crippen MR) is 115 cm³/mol. The highest BCUT2D eigenvalue weighted by atomic mass is 32.1. The number of fused-ring (bicyclic) bond motifs is 1. The van der Waals surface area contributed by atoms with Gasteiger partial charge in [-0.2, -0.15) is 5.10 Å². The molecule has 28 heavy (non-hydrogen) atoms. The average Bonchev–Trinajstić information content (AvgIpc) is 3.14. The fourth-order valence-electron chi connectivity index (χ4n) is 4.58. The molecule has 1 amide bonds. The van der Waals surface area contributed by atoms with E-state index in [0.717, 1.165) is 39.3 Å². The van der Waals surface area contributed by atoms with Gasteiger partial charge in [0, 0.05) is 22.5 Å². The summed E-state index contributed by atoms with van der Waals surface area (Å²) in [6.07, 6.45) is 1.84. The highest BCUT2D eigenvalue weighted by Gasteiger charge is 2.38. The molecule has 0 radical (unpaired) electrons. The molecular weight excluding hydrogens is 368 g/mol. The second-order valence-corrected chi connectivity index (χ2v) is 10.2. The molecule has 0 bridgehead atoms. The minimum Gasteiger partial charge on any atom is -0.348 e. The smallest absolute Gasteiger partial charge is 0.261 e. The number of aromatic nitrogens is 2. The van der Waals surface area contributed by atoms with Crippen LogP contribution in [0.5, 0.6) is 0 Å². The summed E-state index contributed by atoms with van der Waals surface area (Å²) in [5, 5.41) is 12.7. The molecule has 3 aromatic rings. The van der Waals surface area contributed by atoms with Crippen molar-refractivity contribution in [1.29, 1.82) is 0 Å². The van der Waals surface area contributed by atoms with E-state index in [2.05, 4.69) is 43.4 Å². The van der Waals surface area contributed by atoms with E-state index in [1.807, 2.05) is 48.0 Å². The Morgan fingerprint density at radius 2 is 1.82 bits per heavy atom. The number of aryl methyl sites for hydroxylation is 1. The maximum atomic E-state index is 13.0. The standard InChI is InChI=1S/C22H28N4OS/c1-14-17-11-18(28-20(17)26(24-14)16-9-7-6-8-10-16)19(27)23-15-12-21(2,3)25-22(4,5)13-15/h6-11,15,25H,12-13H2,1-5H3,(H,23,27). The summed E-state index contributed by atoms with van der Waals surface area (Å²) in [4.78, 5) is 14.8. The number of piperidine rings is 1. The average molecular weight is 397 g/mol. The first kappa shape index (κ1) is 19.2. The second kappa shape index (κ2) is 6.71. The molecule has 1 aromatic carbocycles. The highest BCUT2D eigenvalue weighted by molar-refractivity contribution is 7.20. The lowest BCUT2D eigenvalue weighted by Crippen LogP contribution is -2.62. The van der Waals surface area contributed by atoms with Gasteiger partial charge in [-0.15, -0.1) is 11.3 Å². The van der Waals surface area contributed by atoms with Crippen LogP contribution in [0.15, 0.2) is 36.4 Å². The molecule has 6 heteroatoms. The van der Waals surface area contributed by atoms with Gasteiger partial charge in [-0.05, 0) is 65.7 Å². The molecule has 1 aliphatic rings. The zero-order valence-corrected chi connectivity index (χ0v) is 18.0. The summed E-state index contributed by atoms with van der Waals surface area (Å²) in [7, 11) is 0. The summed E-state index contributed by atoms with van der Waals surface area (Å²) in [6.45, 7) is 10.8. The Morgan fingerprint density at radius 3 is 2.46 bits per heavy atom. The van der Waals surface area contributed by atoms with Gasteiger partial charge in [0.25, 0.3) is 5.91 Å². The van der Waals surface area contributed by atoms with Crippen molar-refractivity contribution in [3.8, 4) is 5.69 Å². The minimum atomic E-state index is 0.00422. The number of carbonyl (C=O) groups is 1. The number of nitrogens with one attached hydrogen (secondary N) is 2. The van der Waals surface area contributed by atoms with Crippen molar-refractivity contribution in [2.75, 3.05) is 0 Å². The molecule has 0 aliphatic carbocycles. The van der Waals surface area contributed by atoms with E-state index in [4.69, 9.17) is 0 Å². The van der Waals surface area contributed by atoms with Crippen LogP contribution < -0.4 is 10.6 Å². The first-order chi connectivity index (χ1) is 13.1. The lowest BCUT2D eigenvalue weighted by Gasteiger charge is -2.46. The Balaban J connectivity index is 1.60. The summed E-state index contributed by atoms with van der Waals surface area (Å²) >= 11 is 1.51. The van der Waals surface area contributed by atoms with Crippen LogP contribution >= 0.6 is 11.3 Å². The quantitative estimate of drug-likeness (QED) is 0.688. The summed E-state index contributed by atoms with van der Waals surface area (Å²) in [5.41, 5.74) is 1.96. The van der Waals surface area contributed by atoms with E-state index in [1.54, 1.807) is 0 Å². The Labute approximate surface area is 170 Å². The van der Waals surface area contributed by atoms with Gasteiger partial charge in [-0.25, -0.2) is 4.68 Å². The number of nitrogens with zero attached hydrogens (tertiary/aromatic N) is 2. The van der Waals surface area contributed by atoms with Crippen LogP contribution in [0.4, 0.5) is 0 Å². The number of rotatable bonds is 3. The van der Waals surface area contributed by atoms with E-state index in [1.165, 1.54) is 11.3 Å². The molecule has 5 nitrogen and oxygen atoms in total. The molecule has 0 unspecified atom stereocenters. The number of amides is 1. The van der Waals surface area contributed by atoms with Gasteiger partial charge in [0.1, 0.15) is 4.83 Å². The van der Waals surface area contributed by atoms with Crippen molar-refractivity contribution in [3.63, 3.8) is 0 Å². The molecule has 4 rings (SSSR count). The van der Waals surface area contributed by atoms with Crippen molar-refractivity contribution in [3.05, 3.63) is 47.0 Å². The van der Waals surface area contributed by atoms with Crippen LogP contribution in [0.25, 0.3) is 15.9 Å². The normalized spacial score (nSPS) is 19.0. The zero-order valence-electron chi connectivity index (χ0n) is 17.2. The number of hydrogen-bond acceptors (Lipinski definition) is 4. The van der Waals surface area contributed by atoms with Gasteiger partial charge in [-0.3, -0.25) is 4.79 Å². The van der Waals surface area contributed by atoms with Gasteiger partial charge in [0.2, 0.25) is 0 Å². The van der Waals surface area contributed by atoms with E-state index in [0.29, 0.717) is 0 Å². The number of benzene rings is 1. The summed E-state index contributed by atoms with van der Waals surface area (Å²) < 4.78 is 1.93. The summed E-state index contributed by atoms with van der Waals surface area (Å²) in [5.74, 6) is 0.0127. The van der Waals surface area contributed by atoms with Crippen LogP contribution in [0.2, 0.25) is 0 Å². The van der Waals surface area contributed by atoms with Crippen molar-refractivity contribution in [2.24, 2.45) is 0 Å². The van der Waals surface area contributed by atoms with E-state index in [-0.39, 0.29) is 23.0 Å². The molecule has 0 spiro atoms. The van der Waals surface area contributed by atoms with Crippen molar-refractivity contribution in [2.45, 2.75) is 64.6 Å². The second-order valence-electron chi connectivity index (χ2n) is 9.13. The monoisotopic (exact) mass is 396 g/mol. The van der Waals surface area contributed by atoms with Crippen molar-refractivity contribution in [1.82, 2.24) is 20.4 Å². The molecule has 0 saturated carbocycles. The van der Waals surface area contributed by atoms with Gasteiger partial charge in [-0.1, -0.05) is 18.2 Å². The first-order valence-corrected chi connectivity index (χ1v) is 10.6. The largest absolute Gasteiger partial charge is 0.348 e. The molecule has 2 aromatic heterocycles. The van der Waals surface area contributed by atoms with Crippen LogP contribution in [-0.4, -0.2) is 32.8 Å². The highest BCUT2D eigenvalue weighted by Crippen LogP contribution is 2.32. The third kappa shape index (κ3) is 3.71. The third-order valence-corrected chi connectivity index (χ3v) is 6.40. The Bertz CT molecular complexity index is 1000. The maximum absolute atomic E-state index is 13.0. The zero-order chi connectivity index (χ0) is 20.1. The molecular formula is C22H28N4OS. The molecule has 1 aliphatic heterocycles. The summed E-state index contributed by atoms with van der Waals surface area (Å²) in [6, 6.07) is 12.2. The third-order valence-electron chi connectivity index (χ3n) is 5.29. The van der Waals surface area contributed by atoms with Crippen LogP contribution in [0.1, 0.15) is 55.9 Å². The number of hydrogen-bond donors (Lipinski definition) is 2. The Kier molecular flexibility index (Phi) is 4.59. The fourth-order valence-corrected chi connectivity index (χ4v) is 5.67. The van der Waals surface area contributed by atoms with Crippen LogP contribution in [-0.2, 0) is 0 Å². The maximum Gasteiger partial charge on any atom is 0.261 e. The molecule has 2 N–H and O–H groups in total. The van der Waals surface area contributed by atoms with E-state index >= 15 is 0 Å². The van der Waals surface area contributed by atoms with Crippen LogP contribution in [0, 0.1) is 6.92 Å². The van der Waals surface area contributed by atoms with E-state index in [9.17, 15) is 4.79 Å². The Hall–Kier alpha value is -2.18. The molecule has 3 heterocycles. The Morgan fingerprint density at radius 1 is 1.18 bits per heavy atom. The van der Waals surface area contributed by atoms with Crippen molar-refractivity contribution < 1.29 is 4.79 Å². The number of para-hydroxylation sites is 1. The SMILES string of the molecule is Cc1nn(-c2ccccc2)c2sc(C(=O)NC3CC(C)(C)NC(C)(C)C3)cc12. The van der Waals surface area contributed by atoms with Gasteiger partial charge in [0.15, 0.2) is 0 Å². The lowest BCUT2D eigenvalue weighted by molar-refractivity contribution is 0.0877. The van der Waals surface area contributed by atoms with Crippen molar-refractivity contribution >= 4 is 27.5 Å². The number of thiophene rings is 1. The lowest BCUT2D eigenvalue weighted by atomic mass is 9.79. The van der Waals surface area contributed by atoms with Crippen LogP contribution in [0.3, 0.4) is 0 Å².